The third-order valence-electron chi connectivity index (χ3n) is 3.57. The standard InChI is InChI=1S/C14H15F2N3/c15-10-5-4-9(7-11(10)16)14-12(8-17)18-19-6-2-1-3-13(14)19/h4-5,7H,1-3,6,8,17H2. The van der Waals surface area contributed by atoms with Crippen molar-refractivity contribution in [2.75, 3.05) is 0 Å². The van der Waals surface area contributed by atoms with E-state index in [9.17, 15) is 8.78 Å². The molecule has 0 fully saturated rings. The van der Waals surface area contributed by atoms with Crippen LogP contribution in [0.3, 0.4) is 0 Å². The van der Waals surface area contributed by atoms with E-state index in [0.29, 0.717) is 12.1 Å². The first kappa shape index (κ1) is 12.3. The Bertz CT molecular complexity index is 619. The highest BCUT2D eigenvalue weighted by molar-refractivity contribution is 5.69. The molecule has 0 unspecified atom stereocenters. The minimum absolute atomic E-state index is 0.300. The third kappa shape index (κ3) is 2.04. The first-order chi connectivity index (χ1) is 9.20. The summed E-state index contributed by atoms with van der Waals surface area (Å²) in [6.07, 6.45) is 3.09. The Morgan fingerprint density at radius 1 is 1.21 bits per heavy atom. The number of aryl methyl sites for hydroxylation is 1. The van der Waals surface area contributed by atoms with E-state index in [1.54, 1.807) is 6.07 Å². The second-order valence-electron chi connectivity index (χ2n) is 4.78. The smallest absolute Gasteiger partial charge is 0.159 e. The molecule has 0 amide bonds. The number of fused-ring (bicyclic) bond motifs is 1. The van der Waals surface area contributed by atoms with Gasteiger partial charge in [-0.25, -0.2) is 8.78 Å². The lowest BCUT2D eigenvalue weighted by Crippen LogP contribution is -2.11. The Hall–Kier alpha value is -1.75. The highest BCUT2D eigenvalue weighted by Gasteiger charge is 2.21. The number of nitrogens with zero attached hydrogens (tertiary/aromatic N) is 2. The summed E-state index contributed by atoms with van der Waals surface area (Å²) in [5.41, 5.74) is 9.09. The van der Waals surface area contributed by atoms with E-state index in [-0.39, 0.29) is 0 Å². The summed E-state index contributed by atoms with van der Waals surface area (Å²) in [7, 11) is 0. The van der Waals surface area contributed by atoms with Gasteiger partial charge in [0.05, 0.1) is 5.69 Å². The minimum atomic E-state index is -0.837. The fourth-order valence-electron chi connectivity index (χ4n) is 2.67. The largest absolute Gasteiger partial charge is 0.325 e. The molecule has 0 saturated carbocycles. The van der Waals surface area contributed by atoms with Crippen molar-refractivity contribution in [1.82, 2.24) is 9.78 Å². The molecule has 0 bridgehead atoms. The molecule has 2 heterocycles. The first-order valence-corrected chi connectivity index (χ1v) is 6.44. The van der Waals surface area contributed by atoms with Crippen molar-refractivity contribution in [2.24, 2.45) is 5.73 Å². The van der Waals surface area contributed by atoms with E-state index < -0.39 is 11.6 Å². The monoisotopic (exact) mass is 263 g/mol. The van der Waals surface area contributed by atoms with Gasteiger partial charge in [0.25, 0.3) is 0 Å². The van der Waals surface area contributed by atoms with Crippen molar-refractivity contribution in [2.45, 2.75) is 32.4 Å². The van der Waals surface area contributed by atoms with E-state index >= 15 is 0 Å². The molecule has 2 aromatic rings. The van der Waals surface area contributed by atoms with Gasteiger partial charge >= 0.3 is 0 Å². The SMILES string of the molecule is NCc1nn2c(c1-c1ccc(F)c(F)c1)CCCC2. The number of benzene rings is 1. The average Bonchev–Trinajstić information content (AvgIpc) is 2.80. The number of halogens is 2. The molecule has 19 heavy (non-hydrogen) atoms. The molecule has 5 heteroatoms. The van der Waals surface area contributed by atoms with Gasteiger partial charge in [-0.2, -0.15) is 5.10 Å². The van der Waals surface area contributed by atoms with Crippen LogP contribution in [0.1, 0.15) is 24.2 Å². The van der Waals surface area contributed by atoms with Crippen molar-refractivity contribution in [1.29, 1.82) is 0 Å². The van der Waals surface area contributed by atoms with Gasteiger partial charge < -0.3 is 5.73 Å². The molecule has 100 valence electrons. The summed E-state index contributed by atoms with van der Waals surface area (Å²) < 4.78 is 28.4. The summed E-state index contributed by atoms with van der Waals surface area (Å²) in [5, 5.41) is 4.47. The van der Waals surface area contributed by atoms with Crippen molar-refractivity contribution >= 4 is 0 Å². The van der Waals surface area contributed by atoms with Crippen LogP contribution >= 0.6 is 0 Å². The zero-order valence-corrected chi connectivity index (χ0v) is 10.5. The lowest BCUT2D eigenvalue weighted by molar-refractivity contribution is 0.484. The lowest BCUT2D eigenvalue weighted by Gasteiger charge is -2.14. The van der Waals surface area contributed by atoms with Crippen LogP contribution in [0.15, 0.2) is 18.2 Å². The van der Waals surface area contributed by atoms with E-state index in [0.717, 1.165) is 48.8 Å². The molecular formula is C14H15F2N3. The quantitative estimate of drug-likeness (QED) is 0.905. The van der Waals surface area contributed by atoms with E-state index in [1.807, 2.05) is 4.68 Å². The Kier molecular flexibility index (Phi) is 3.06. The second kappa shape index (κ2) is 4.74. The van der Waals surface area contributed by atoms with Crippen molar-refractivity contribution in [3.63, 3.8) is 0 Å². The molecule has 0 atom stereocenters. The van der Waals surface area contributed by atoms with Gasteiger partial charge in [0.15, 0.2) is 11.6 Å². The van der Waals surface area contributed by atoms with E-state index in [4.69, 9.17) is 5.73 Å². The van der Waals surface area contributed by atoms with Crippen LogP contribution in [-0.4, -0.2) is 9.78 Å². The molecule has 1 aromatic carbocycles. The Morgan fingerprint density at radius 3 is 2.79 bits per heavy atom. The molecule has 0 aliphatic carbocycles. The number of nitrogens with two attached hydrogens (primary N) is 1. The number of aromatic nitrogens is 2. The molecule has 1 aliphatic rings. The topological polar surface area (TPSA) is 43.8 Å². The predicted molar refractivity (Wildman–Crippen MR) is 68.4 cm³/mol. The van der Waals surface area contributed by atoms with Gasteiger partial charge in [0.2, 0.25) is 0 Å². The van der Waals surface area contributed by atoms with Crippen LogP contribution in [0.2, 0.25) is 0 Å². The van der Waals surface area contributed by atoms with Gasteiger partial charge in [-0.15, -0.1) is 0 Å². The van der Waals surface area contributed by atoms with Crippen molar-refractivity contribution in [3.8, 4) is 11.1 Å². The number of hydrogen-bond donors (Lipinski definition) is 1. The normalized spacial score (nSPS) is 14.5. The zero-order valence-electron chi connectivity index (χ0n) is 10.5. The Balaban J connectivity index is 2.17. The number of rotatable bonds is 2. The second-order valence-corrected chi connectivity index (χ2v) is 4.78. The van der Waals surface area contributed by atoms with Gasteiger partial charge in [-0.3, -0.25) is 4.68 Å². The van der Waals surface area contributed by atoms with Crippen molar-refractivity contribution < 1.29 is 8.78 Å². The first-order valence-electron chi connectivity index (χ1n) is 6.44. The van der Waals surface area contributed by atoms with Crippen LogP contribution in [0.25, 0.3) is 11.1 Å². The van der Waals surface area contributed by atoms with Gasteiger partial charge in [-0.1, -0.05) is 6.07 Å². The summed E-state index contributed by atoms with van der Waals surface area (Å²) >= 11 is 0. The van der Waals surface area contributed by atoms with E-state index in [2.05, 4.69) is 5.10 Å². The lowest BCUT2D eigenvalue weighted by atomic mass is 9.98. The summed E-state index contributed by atoms with van der Waals surface area (Å²) in [6.45, 7) is 1.17. The molecule has 1 aromatic heterocycles. The van der Waals surface area contributed by atoms with Gasteiger partial charge in [0, 0.05) is 24.3 Å². The highest BCUT2D eigenvalue weighted by atomic mass is 19.2. The summed E-state index contributed by atoms with van der Waals surface area (Å²) in [4.78, 5) is 0. The average molecular weight is 263 g/mol. The number of hydrogen-bond acceptors (Lipinski definition) is 2. The Morgan fingerprint density at radius 2 is 2.05 bits per heavy atom. The van der Waals surface area contributed by atoms with Crippen LogP contribution in [0, 0.1) is 11.6 Å². The molecular weight excluding hydrogens is 248 g/mol. The van der Waals surface area contributed by atoms with Gasteiger partial charge in [0.1, 0.15) is 0 Å². The Labute approximate surface area is 110 Å². The van der Waals surface area contributed by atoms with Crippen molar-refractivity contribution in [3.05, 3.63) is 41.2 Å². The molecule has 1 aliphatic heterocycles. The summed E-state index contributed by atoms with van der Waals surface area (Å²) in [5.74, 6) is -1.67. The summed E-state index contributed by atoms with van der Waals surface area (Å²) in [6, 6.07) is 3.96. The molecule has 0 radical (unpaired) electrons. The zero-order chi connectivity index (χ0) is 13.4. The van der Waals surface area contributed by atoms with Crippen LogP contribution < -0.4 is 5.73 Å². The predicted octanol–water partition coefficient (Wildman–Crippen LogP) is 2.62. The minimum Gasteiger partial charge on any atom is -0.325 e. The van der Waals surface area contributed by atoms with Gasteiger partial charge in [-0.05, 0) is 37.0 Å². The van der Waals surface area contributed by atoms with Crippen LogP contribution in [0.5, 0.6) is 0 Å². The fourth-order valence-corrected chi connectivity index (χ4v) is 2.67. The van der Waals surface area contributed by atoms with E-state index in [1.165, 1.54) is 6.07 Å². The van der Waals surface area contributed by atoms with Crippen LogP contribution in [-0.2, 0) is 19.5 Å². The molecule has 0 spiro atoms. The van der Waals surface area contributed by atoms with Crippen LogP contribution in [0.4, 0.5) is 8.78 Å². The maximum atomic E-state index is 13.4. The third-order valence-corrected chi connectivity index (χ3v) is 3.57. The molecule has 3 nitrogen and oxygen atoms in total. The fraction of sp³-hybridized carbons (Fsp3) is 0.357. The highest BCUT2D eigenvalue weighted by Crippen LogP contribution is 2.31. The molecule has 0 saturated heterocycles. The maximum absolute atomic E-state index is 13.4. The maximum Gasteiger partial charge on any atom is 0.159 e. The molecule has 2 N–H and O–H groups in total. The molecule has 3 rings (SSSR count).